The van der Waals surface area contributed by atoms with E-state index in [1.165, 1.54) is 0 Å². The zero-order chi connectivity index (χ0) is 22.5. The van der Waals surface area contributed by atoms with Gasteiger partial charge in [-0.3, -0.25) is 9.36 Å². The molecule has 166 valence electrons. The molecule has 7 heteroatoms. The maximum atomic E-state index is 13.5. The average molecular weight is 426 g/mol. The van der Waals surface area contributed by atoms with Gasteiger partial charge in [-0.2, -0.15) is 0 Å². The molecule has 0 spiro atoms. The Bertz CT molecular complexity index is 1110. The van der Waals surface area contributed by atoms with Crippen LogP contribution in [0.5, 0.6) is 17.2 Å². The van der Waals surface area contributed by atoms with Crippen molar-refractivity contribution < 1.29 is 14.2 Å². The van der Waals surface area contributed by atoms with Crippen molar-refractivity contribution in [2.75, 3.05) is 34.9 Å². The van der Waals surface area contributed by atoms with Crippen LogP contribution in [0.15, 0.2) is 41.2 Å². The predicted molar refractivity (Wildman–Crippen MR) is 123 cm³/mol. The number of fused-ring (bicyclic) bond motifs is 1. The van der Waals surface area contributed by atoms with Gasteiger partial charge in [0.05, 0.1) is 31.2 Å². The van der Waals surface area contributed by atoms with Crippen molar-refractivity contribution >= 4 is 10.9 Å². The summed E-state index contributed by atoms with van der Waals surface area (Å²) >= 11 is 0. The summed E-state index contributed by atoms with van der Waals surface area (Å²) in [5, 5.41) is 0.554. The highest BCUT2D eigenvalue weighted by atomic mass is 16.5. The molecule has 7 nitrogen and oxygen atoms in total. The van der Waals surface area contributed by atoms with E-state index in [1.807, 2.05) is 63.2 Å². The van der Waals surface area contributed by atoms with Gasteiger partial charge in [0.15, 0.2) is 0 Å². The van der Waals surface area contributed by atoms with Gasteiger partial charge in [-0.25, -0.2) is 4.98 Å². The third-order valence-electron chi connectivity index (χ3n) is 4.98. The first-order valence-corrected chi connectivity index (χ1v) is 10.4. The smallest absolute Gasteiger partial charge is 0.261 e. The molecule has 0 fully saturated rings. The van der Waals surface area contributed by atoms with Crippen molar-refractivity contribution in [1.29, 1.82) is 0 Å². The van der Waals surface area contributed by atoms with Crippen LogP contribution in [0.3, 0.4) is 0 Å². The first-order chi connectivity index (χ1) is 14.8. The van der Waals surface area contributed by atoms with Crippen LogP contribution >= 0.6 is 0 Å². The minimum absolute atomic E-state index is 0.0289. The van der Waals surface area contributed by atoms with Crippen LogP contribution < -0.4 is 19.8 Å². The van der Waals surface area contributed by atoms with Crippen molar-refractivity contribution in [3.8, 4) is 17.2 Å². The second-order valence-electron chi connectivity index (χ2n) is 7.99. The van der Waals surface area contributed by atoms with Crippen LogP contribution in [-0.4, -0.2) is 55.4 Å². The third-order valence-corrected chi connectivity index (χ3v) is 4.98. The van der Waals surface area contributed by atoms with Crippen LogP contribution in [0.25, 0.3) is 10.9 Å². The minimum atomic E-state index is -0.0714. The summed E-state index contributed by atoms with van der Waals surface area (Å²) in [5.74, 6) is 2.82. The second kappa shape index (κ2) is 9.83. The molecular formula is C24H31N3O4. The number of benzene rings is 2. The van der Waals surface area contributed by atoms with E-state index >= 15 is 0 Å². The van der Waals surface area contributed by atoms with Gasteiger partial charge in [-0.15, -0.1) is 0 Å². The molecule has 0 aliphatic carbocycles. The molecule has 3 rings (SSSR count). The van der Waals surface area contributed by atoms with Gasteiger partial charge in [0.1, 0.15) is 23.1 Å². The second-order valence-corrected chi connectivity index (χ2v) is 7.99. The lowest BCUT2D eigenvalue weighted by Gasteiger charge is -2.18. The molecule has 0 amide bonds. The molecular weight excluding hydrogens is 394 g/mol. The van der Waals surface area contributed by atoms with E-state index in [0.29, 0.717) is 35.4 Å². The number of rotatable bonds is 9. The standard InChI is InChI=1S/C24H31N3O4/c1-16(2)31-19-7-9-21-20(15-19)24(28)27(12-11-26(3)4)23(25-21)14-17-13-18(29-5)8-10-22(17)30-6/h7-10,13,15-16H,11-12,14H2,1-6H3. The fourth-order valence-electron chi connectivity index (χ4n) is 3.45. The Hall–Kier alpha value is -3.06. The van der Waals surface area contributed by atoms with Crippen molar-refractivity contribution in [2.24, 2.45) is 0 Å². The summed E-state index contributed by atoms with van der Waals surface area (Å²) in [5.41, 5.74) is 1.49. The zero-order valence-electron chi connectivity index (χ0n) is 19.1. The summed E-state index contributed by atoms with van der Waals surface area (Å²) in [6, 6.07) is 11.1. The van der Waals surface area contributed by atoms with Crippen LogP contribution in [0.1, 0.15) is 25.2 Å². The number of likely N-dealkylation sites (N-methyl/N-ethyl adjacent to an activating group) is 1. The number of hydrogen-bond acceptors (Lipinski definition) is 6. The van der Waals surface area contributed by atoms with E-state index in [0.717, 1.165) is 23.6 Å². The van der Waals surface area contributed by atoms with Gasteiger partial charge in [0.25, 0.3) is 5.56 Å². The van der Waals surface area contributed by atoms with Crippen molar-refractivity contribution in [1.82, 2.24) is 14.5 Å². The summed E-state index contributed by atoms with van der Waals surface area (Å²) in [6.07, 6.45) is 0.477. The van der Waals surface area contributed by atoms with Crippen LogP contribution in [0, 0.1) is 0 Å². The lowest BCUT2D eigenvalue weighted by molar-refractivity contribution is 0.242. The molecule has 0 radical (unpaired) electrons. The molecule has 0 atom stereocenters. The van der Waals surface area contributed by atoms with E-state index in [1.54, 1.807) is 24.9 Å². The summed E-state index contributed by atoms with van der Waals surface area (Å²) < 4.78 is 18.4. The Morgan fingerprint density at radius 2 is 1.77 bits per heavy atom. The van der Waals surface area contributed by atoms with Crippen molar-refractivity contribution in [2.45, 2.75) is 32.9 Å². The van der Waals surface area contributed by atoms with E-state index in [4.69, 9.17) is 19.2 Å². The maximum absolute atomic E-state index is 13.5. The quantitative estimate of drug-likeness (QED) is 0.524. The van der Waals surface area contributed by atoms with Gasteiger partial charge in [-0.05, 0) is 64.3 Å². The lowest BCUT2D eigenvalue weighted by Crippen LogP contribution is -2.30. The minimum Gasteiger partial charge on any atom is -0.497 e. The molecule has 0 saturated heterocycles. The molecule has 0 unspecified atom stereocenters. The molecule has 3 aromatic rings. The predicted octanol–water partition coefficient (Wildman–Crippen LogP) is 3.35. The number of nitrogens with zero attached hydrogens (tertiary/aromatic N) is 3. The molecule has 2 aromatic carbocycles. The van der Waals surface area contributed by atoms with Gasteiger partial charge in [0, 0.05) is 25.1 Å². The maximum Gasteiger partial charge on any atom is 0.261 e. The van der Waals surface area contributed by atoms with Gasteiger partial charge >= 0.3 is 0 Å². The molecule has 0 saturated carbocycles. The van der Waals surface area contributed by atoms with E-state index in [-0.39, 0.29) is 11.7 Å². The highest BCUT2D eigenvalue weighted by Crippen LogP contribution is 2.26. The number of ether oxygens (including phenoxy) is 3. The number of hydrogen-bond donors (Lipinski definition) is 0. The average Bonchev–Trinajstić information content (AvgIpc) is 2.73. The summed E-state index contributed by atoms with van der Waals surface area (Å²) in [7, 11) is 7.23. The number of methoxy groups -OCH3 is 2. The van der Waals surface area contributed by atoms with Crippen LogP contribution in [-0.2, 0) is 13.0 Å². The molecule has 1 aromatic heterocycles. The summed E-state index contributed by atoms with van der Waals surface area (Å²) in [6.45, 7) is 5.17. The Morgan fingerprint density at radius 1 is 1.03 bits per heavy atom. The summed E-state index contributed by atoms with van der Waals surface area (Å²) in [4.78, 5) is 20.4. The fraction of sp³-hybridized carbons (Fsp3) is 0.417. The van der Waals surface area contributed by atoms with Gasteiger partial charge in [-0.1, -0.05) is 0 Å². The largest absolute Gasteiger partial charge is 0.497 e. The Balaban J connectivity index is 2.13. The van der Waals surface area contributed by atoms with E-state index in [2.05, 4.69) is 0 Å². The van der Waals surface area contributed by atoms with Gasteiger partial charge < -0.3 is 19.1 Å². The van der Waals surface area contributed by atoms with Crippen LogP contribution in [0.4, 0.5) is 0 Å². The fourth-order valence-corrected chi connectivity index (χ4v) is 3.45. The highest BCUT2D eigenvalue weighted by Gasteiger charge is 2.16. The molecule has 31 heavy (non-hydrogen) atoms. The van der Waals surface area contributed by atoms with Gasteiger partial charge in [0.2, 0.25) is 0 Å². The topological polar surface area (TPSA) is 65.8 Å². The Kier molecular flexibility index (Phi) is 7.17. The van der Waals surface area contributed by atoms with E-state index < -0.39 is 0 Å². The first kappa shape index (κ1) is 22.6. The Morgan fingerprint density at radius 3 is 2.42 bits per heavy atom. The molecule has 1 heterocycles. The number of aromatic nitrogens is 2. The monoisotopic (exact) mass is 425 g/mol. The normalized spacial score (nSPS) is 11.4. The van der Waals surface area contributed by atoms with Crippen molar-refractivity contribution in [3.05, 3.63) is 58.1 Å². The van der Waals surface area contributed by atoms with E-state index in [9.17, 15) is 4.79 Å². The highest BCUT2D eigenvalue weighted by molar-refractivity contribution is 5.79. The third kappa shape index (κ3) is 5.35. The molecule has 0 aliphatic rings. The lowest BCUT2D eigenvalue weighted by atomic mass is 10.1. The zero-order valence-corrected chi connectivity index (χ0v) is 19.1. The first-order valence-electron chi connectivity index (χ1n) is 10.4. The molecule has 0 N–H and O–H groups in total. The SMILES string of the molecule is COc1ccc(OC)c(Cc2nc3ccc(OC(C)C)cc3c(=O)n2CCN(C)C)c1. The molecule has 0 bridgehead atoms. The van der Waals surface area contributed by atoms with Crippen molar-refractivity contribution in [3.63, 3.8) is 0 Å². The Labute approximate surface area is 183 Å². The van der Waals surface area contributed by atoms with Crippen LogP contribution in [0.2, 0.25) is 0 Å². The molecule has 0 aliphatic heterocycles.